The lowest BCUT2D eigenvalue weighted by atomic mass is 10.2. The third-order valence-electron chi connectivity index (χ3n) is 2.10. The minimum atomic E-state index is -0.377. The molecule has 0 spiro atoms. The minimum Gasteiger partial charge on any atom is -0.382 e. The van der Waals surface area contributed by atoms with Gasteiger partial charge in [-0.05, 0) is 47.5 Å². The molecule has 5 heteroatoms. The van der Waals surface area contributed by atoms with E-state index in [9.17, 15) is 9.18 Å². The number of amides is 1. The van der Waals surface area contributed by atoms with Crippen LogP contribution in [0.1, 0.15) is 19.8 Å². The van der Waals surface area contributed by atoms with Gasteiger partial charge < -0.3 is 10.1 Å². The van der Waals surface area contributed by atoms with E-state index >= 15 is 0 Å². The molecule has 0 fully saturated rings. The summed E-state index contributed by atoms with van der Waals surface area (Å²) in [6, 6.07) is 4.17. The van der Waals surface area contributed by atoms with Crippen LogP contribution in [0.4, 0.5) is 10.1 Å². The zero-order valence-corrected chi connectivity index (χ0v) is 11.2. The first-order chi connectivity index (χ1) is 8.13. The van der Waals surface area contributed by atoms with Gasteiger partial charge in [0.2, 0.25) is 5.91 Å². The van der Waals surface area contributed by atoms with Crippen LogP contribution >= 0.6 is 15.9 Å². The van der Waals surface area contributed by atoms with Crippen LogP contribution in [0, 0.1) is 5.82 Å². The Kier molecular flexibility index (Phi) is 6.15. The van der Waals surface area contributed by atoms with Crippen LogP contribution in [0.25, 0.3) is 0 Å². The maximum atomic E-state index is 13.0. The summed E-state index contributed by atoms with van der Waals surface area (Å²) in [6.45, 7) is 3.12. The maximum absolute atomic E-state index is 13.0. The average molecular weight is 304 g/mol. The SMILES string of the molecule is CCOCCCC(=O)Nc1cc(F)ccc1Br. The predicted molar refractivity (Wildman–Crippen MR) is 68.5 cm³/mol. The Balaban J connectivity index is 2.42. The number of halogens is 2. The molecule has 0 aliphatic rings. The Hall–Kier alpha value is -0.940. The molecule has 94 valence electrons. The third kappa shape index (κ3) is 5.28. The summed E-state index contributed by atoms with van der Waals surface area (Å²) in [5.41, 5.74) is 0.450. The molecule has 0 saturated heterocycles. The number of nitrogens with one attached hydrogen (secondary N) is 1. The molecule has 0 unspecified atom stereocenters. The van der Waals surface area contributed by atoms with Crippen molar-refractivity contribution in [1.29, 1.82) is 0 Å². The number of ether oxygens (including phenoxy) is 1. The third-order valence-corrected chi connectivity index (χ3v) is 2.79. The van der Waals surface area contributed by atoms with E-state index in [1.165, 1.54) is 12.1 Å². The van der Waals surface area contributed by atoms with Gasteiger partial charge in [-0.15, -0.1) is 0 Å². The van der Waals surface area contributed by atoms with Gasteiger partial charge >= 0.3 is 0 Å². The van der Waals surface area contributed by atoms with E-state index in [2.05, 4.69) is 21.2 Å². The summed E-state index contributed by atoms with van der Waals surface area (Å²) < 4.78 is 18.7. The standard InChI is InChI=1S/C12H15BrFNO2/c1-2-17-7-3-4-12(16)15-11-8-9(14)5-6-10(11)13/h5-6,8H,2-4,7H2,1H3,(H,15,16). The van der Waals surface area contributed by atoms with Crippen LogP contribution in [0.5, 0.6) is 0 Å². The molecule has 0 radical (unpaired) electrons. The molecule has 0 saturated carbocycles. The Labute approximate surface area is 108 Å². The number of hydrogen-bond acceptors (Lipinski definition) is 2. The van der Waals surface area contributed by atoms with Crippen molar-refractivity contribution in [2.45, 2.75) is 19.8 Å². The van der Waals surface area contributed by atoms with Crippen molar-refractivity contribution >= 4 is 27.5 Å². The van der Waals surface area contributed by atoms with Crippen molar-refractivity contribution in [1.82, 2.24) is 0 Å². The summed E-state index contributed by atoms with van der Waals surface area (Å²) in [4.78, 5) is 11.5. The van der Waals surface area contributed by atoms with Crippen molar-refractivity contribution in [3.63, 3.8) is 0 Å². The first-order valence-corrected chi connectivity index (χ1v) is 6.25. The van der Waals surface area contributed by atoms with Crippen LogP contribution in [0.3, 0.4) is 0 Å². The summed E-state index contributed by atoms with van der Waals surface area (Å²) in [5.74, 6) is -0.520. The number of anilines is 1. The van der Waals surface area contributed by atoms with Gasteiger partial charge in [0.25, 0.3) is 0 Å². The zero-order valence-electron chi connectivity index (χ0n) is 9.63. The van der Waals surface area contributed by atoms with Crippen LogP contribution in [0.15, 0.2) is 22.7 Å². The Morgan fingerprint density at radius 2 is 2.29 bits per heavy atom. The van der Waals surface area contributed by atoms with Gasteiger partial charge in [-0.2, -0.15) is 0 Å². The second kappa shape index (κ2) is 7.40. The van der Waals surface area contributed by atoms with Gasteiger partial charge in [0.15, 0.2) is 0 Å². The molecule has 0 heterocycles. The van der Waals surface area contributed by atoms with Crippen molar-refractivity contribution in [3.05, 3.63) is 28.5 Å². The van der Waals surface area contributed by atoms with E-state index in [0.717, 1.165) is 0 Å². The first-order valence-electron chi connectivity index (χ1n) is 5.46. The summed E-state index contributed by atoms with van der Waals surface area (Å²) in [5, 5.41) is 2.65. The van der Waals surface area contributed by atoms with E-state index in [1.54, 1.807) is 6.07 Å². The number of rotatable bonds is 6. The second-order valence-electron chi connectivity index (χ2n) is 3.47. The van der Waals surface area contributed by atoms with Gasteiger partial charge in [0, 0.05) is 24.1 Å². The number of benzene rings is 1. The molecule has 17 heavy (non-hydrogen) atoms. The largest absolute Gasteiger partial charge is 0.382 e. The highest BCUT2D eigenvalue weighted by Crippen LogP contribution is 2.23. The molecule has 0 aliphatic carbocycles. The van der Waals surface area contributed by atoms with E-state index in [4.69, 9.17) is 4.74 Å². The molecule has 1 N–H and O–H groups in total. The van der Waals surface area contributed by atoms with Gasteiger partial charge in [-0.1, -0.05) is 0 Å². The molecule has 0 aliphatic heterocycles. The molecule has 0 bridgehead atoms. The van der Waals surface area contributed by atoms with Crippen molar-refractivity contribution in [2.75, 3.05) is 18.5 Å². The number of carbonyl (C=O) groups excluding carboxylic acids is 1. The monoisotopic (exact) mass is 303 g/mol. The lowest BCUT2D eigenvalue weighted by molar-refractivity contribution is -0.116. The Morgan fingerprint density at radius 1 is 1.53 bits per heavy atom. The minimum absolute atomic E-state index is 0.143. The molecular weight excluding hydrogens is 289 g/mol. The van der Waals surface area contributed by atoms with Crippen LogP contribution in [-0.2, 0) is 9.53 Å². The summed E-state index contributed by atoms with van der Waals surface area (Å²) in [6.07, 6.45) is 1.02. The summed E-state index contributed by atoms with van der Waals surface area (Å²) in [7, 11) is 0. The maximum Gasteiger partial charge on any atom is 0.224 e. The fraction of sp³-hybridized carbons (Fsp3) is 0.417. The predicted octanol–water partition coefficient (Wildman–Crippen LogP) is 3.34. The van der Waals surface area contributed by atoms with E-state index < -0.39 is 0 Å². The number of hydrogen-bond donors (Lipinski definition) is 1. The Morgan fingerprint density at radius 3 is 3.00 bits per heavy atom. The second-order valence-corrected chi connectivity index (χ2v) is 4.33. The molecule has 0 aromatic heterocycles. The molecule has 1 rings (SSSR count). The zero-order chi connectivity index (χ0) is 12.7. The molecule has 1 aromatic carbocycles. The fourth-order valence-corrected chi connectivity index (χ4v) is 1.63. The smallest absolute Gasteiger partial charge is 0.224 e. The quantitative estimate of drug-likeness (QED) is 0.819. The van der Waals surface area contributed by atoms with Crippen molar-refractivity contribution in [3.8, 4) is 0 Å². The molecule has 3 nitrogen and oxygen atoms in total. The van der Waals surface area contributed by atoms with Crippen LogP contribution in [-0.4, -0.2) is 19.1 Å². The van der Waals surface area contributed by atoms with Crippen molar-refractivity contribution < 1.29 is 13.9 Å². The van der Waals surface area contributed by atoms with Gasteiger partial charge in [0.05, 0.1) is 5.69 Å². The van der Waals surface area contributed by atoms with E-state index in [1.807, 2.05) is 6.92 Å². The fourth-order valence-electron chi connectivity index (χ4n) is 1.29. The average Bonchev–Trinajstić information content (AvgIpc) is 2.29. The van der Waals surface area contributed by atoms with Crippen LogP contribution < -0.4 is 5.32 Å². The van der Waals surface area contributed by atoms with Gasteiger partial charge in [0.1, 0.15) is 5.82 Å². The normalized spacial score (nSPS) is 10.3. The van der Waals surface area contributed by atoms with Gasteiger partial charge in [-0.3, -0.25) is 4.79 Å². The first kappa shape index (κ1) is 14.1. The topological polar surface area (TPSA) is 38.3 Å². The molecule has 0 atom stereocenters. The molecule has 1 aromatic rings. The van der Waals surface area contributed by atoms with Crippen molar-refractivity contribution in [2.24, 2.45) is 0 Å². The molecule has 1 amide bonds. The lowest BCUT2D eigenvalue weighted by Crippen LogP contribution is -2.12. The molecular formula is C12H15BrFNO2. The van der Waals surface area contributed by atoms with Crippen LogP contribution in [0.2, 0.25) is 0 Å². The highest BCUT2D eigenvalue weighted by Gasteiger charge is 2.06. The highest BCUT2D eigenvalue weighted by molar-refractivity contribution is 9.10. The lowest BCUT2D eigenvalue weighted by Gasteiger charge is -2.07. The van der Waals surface area contributed by atoms with E-state index in [-0.39, 0.29) is 11.7 Å². The summed E-state index contributed by atoms with van der Waals surface area (Å²) >= 11 is 3.25. The number of carbonyl (C=O) groups is 1. The van der Waals surface area contributed by atoms with E-state index in [0.29, 0.717) is 36.2 Å². The Bertz CT molecular complexity index is 385. The highest BCUT2D eigenvalue weighted by atomic mass is 79.9. The van der Waals surface area contributed by atoms with Gasteiger partial charge in [-0.25, -0.2) is 4.39 Å².